The number of aromatic nitrogens is 6. The molecule has 0 aliphatic heterocycles. The third kappa shape index (κ3) is 9.23. The molecule has 0 bridgehead atoms. The first-order valence-electron chi connectivity index (χ1n) is 18.0. The van der Waals surface area contributed by atoms with Gasteiger partial charge in [0.2, 0.25) is 0 Å². The fourth-order valence-electron chi connectivity index (χ4n) is 6.48. The van der Waals surface area contributed by atoms with Crippen molar-refractivity contribution in [3.05, 3.63) is 97.0 Å². The van der Waals surface area contributed by atoms with E-state index in [0.29, 0.717) is 19.0 Å². The number of benzene rings is 3. The van der Waals surface area contributed by atoms with Gasteiger partial charge in [-0.1, -0.05) is 111 Å². The summed E-state index contributed by atoms with van der Waals surface area (Å²) < 4.78 is 16.2. The first-order chi connectivity index (χ1) is 24.2. The van der Waals surface area contributed by atoms with Crippen LogP contribution in [0.3, 0.4) is 0 Å². The molecule has 0 fully saturated rings. The lowest BCUT2D eigenvalue weighted by Crippen LogP contribution is -2.18. The second-order valence-corrected chi connectivity index (χ2v) is 12.8. The topological polar surface area (TPSA) is 106 Å². The van der Waals surface area contributed by atoms with E-state index in [1.807, 2.05) is 54.3 Å². The molecule has 2 N–H and O–H groups in total. The van der Waals surface area contributed by atoms with Crippen LogP contribution in [0.15, 0.2) is 91.4 Å². The number of pyridine rings is 1. The van der Waals surface area contributed by atoms with Gasteiger partial charge in [0.05, 0.1) is 42.8 Å². The smallest absolute Gasteiger partial charge is 0.152 e. The number of ether oxygens (including phenoxy) is 2. The molecule has 1 atom stereocenters. The molecular formula is C40H49N7O2. The first kappa shape index (κ1) is 34.1. The molecule has 6 aromatic rings. The first-order valence-corrected chi connectivity index (χ1v) is 18.0. The molecule has 256 valence electrons. The Labute approximate surface area is 289 Å². The molecule has 9 heteroatoms. The molecule has 3 aromatic heterocycles. The van der Waals surface area contributed by atoms with Crippen molar-refractivity contribution in [2.24, 2.45) is 0 Å². The normalized spacial score (nSPS) is 12.2. The zero-order valence-electron chi connectivity index (χ0n) is 28.7. The van der Waals surface area contributed by atoms with E-state index >= 15 is 0 Å². The van der Waals surface area contributed by atoms with Crippen LogP contribution in [0.1, 0.15) is 76.3 Å². The number of nitrogens with zero attached hydrogens (tertiary/aromatic N) is 6. The van der Waals surface area contributed by atoms with Gasteiger partial charge in [0, 0.05) is 24.1 Å². The predicted molar refractivity (Wildman–Crippen MR) is 198 cm³/mol. The Kier molecular flexibility index (Phi) is 12.2. The van der Waals surface area contributed by atoms with E-state index in [0.717, 1.165) is 71.4 Å². The Morgan fingerprint density at radius 1 is 0.796 bits per heavy atom. The van der Waals surface area contributed by atoms with Gasteiger partial charge in [-0.3, -0.25) is 4.68 Å². The number of rotatable bonds is 20. The highest BCUT2D eigenvalue weighted by Crippen LogP contribution is 2.30. The van der Waals surface area contributed by atoms with Crippen LogP contribution in [0.5, 0.6) is 5.75 Å². The Morgan fingerprint density at radius 2 is 1.51 bits per heavy atom. The van der Waals surface area contributed by atoms with E-state index in [1.54, 1.807) is 0 Å². The lowest BCUT2D eigenvalue weighted by molar-refractivity contribution is 0.114. The van der Waals surface area contributed by atoms with Crippen molar-refractivity contribution in [1.82, 2.24) is 29.5 Å². The molecule has 0 aliphatic carbocycles. The van der Waals surface area contributed by atoms with Crippen molar-refractivity contribution >= 4 is 27.8 Å². The van der Waals surface area contributed by atoms with Gasteiger partial charge in [0.25, 0.3) is 0 Å². The highest BCUT2D eigenvalue weighted by molar-refractivity contribution is 6.06. The highest BCUT2D eigenvalue weighted by atomic mass is 16.5. The van der Waals surface area contributed by atoms with Crippen molar-refractivity contribution in [3.8, 4) is 17.0 Å². The second-order valence-electron chi connectivity index (χ2n) is 12.8. The molecule has 3 aromatic carbocycles. The molecule has 49 heavy (non-hydrogen) atoms. The molecule has 0 aliphatic rings. The molecule has 1 unspecified atom stereocenters. The monoisotopic (exact) mass is 659 g/mol. The maximum absolute atomic E-state index is 6.30. The number of hydrogen-bond donors (Lipinski definition) is 1. The fraction of sp³-hybridized carbons (Fsp3) is 0.400. The number of nitrogen functional groups attached to an aromatic ring is 1. The molecule has 0 saturated carbocycles. The quantitative estimate of drug-likeness (QED) is 0.0817. The number of hydrogen-bond acceptors (Lipinski definition) is 7. The van der Waals surface area contributed by atoms with Crippen LogP contribution in [0.2, 0.25) is 0 Å². The van der Waals surface area contributed by atoms with Crippen LogP contribution >= 0.6 is 0 Å². The van der Waals surface area contributed by atoms with Crippen molar-refractivity contribution < 1.29 is 9.47 Å². The minimum atomic E-state index is 0.0650. The van der Waals surface area contributed by atoms with Crippen molar-refractivity contribution in [3.63, 3.8) is 0 Å². The van der Waals surface area contributed by atoms with Gasteiger partial charge in [-0.15, -0.1) is 5.10 Å². The molecule has 9 nitrogen and oxygen atoms in total. The van der Waals surface area contributed by atoms with Crippen molar-refractivity contribution in [1.29, 1.82) is 0 Å². The predicted octanol–water partition coefficient (Wildman–Crippen LogP) is 8.84. The van der Waals surface area contributed by atoms with E-state index in [1.165, 1.54) is 50.5 Å². The van der Waals surface area contributed by atoms with Crippen LogP contribution in [-0.2, 0) is 17.7 Å². The third-order valence-electron chi connectivity index (χ3n) is 9.15. The summed E-state index contributed by atoms with van der Waals surface area (Å²) in [7, 11) is 0. The number of nitrogens with two attached hydrogens (primary N) is 1. The minimum Gasteiger partial charge on any atom is -0.494 e. The molecule has 0 radical (unpaired) electrons. The SMILES string of the molecule is CCOCC(Cc1ccc(OCCCCCCCCCCCn2cc(-c3ccccc3)nn2)cc1)n1cnc2c(N)nc3ccccc3c21. The van der Waals surface area contributed by atoms with Crippen LogP contribution in [-0.4, -0.2) is 49.3 Å². The summed E-state index contributed by atoms with van der Waals surface area (Å²) in [6, 6.07) is 26.9. The van der Waals surface area contributed by atoms with Gasteiger partial charge in [0.15, 0.2) is 5.82 Å². The Hall–Kier alpha value is -4.76. The average Bonchev–Trinajstić information content (AvgIpc) is 3.80. The van der Waals surface area contributed by atoms with Gasteiger partial charge < -0.3 is 19.8 Å². The van der Waals surface area contributed by atoms with Gasteiger partial charge in [0.1, 0.15) is 17.0 Å². The van der Waals surface area contributed by atoms with Crippen molar-refractivity contribution in [2.75, 3.05) is 25.6 Å². The molecular weight excluding hydrogens is 610 g/mol. The second kappa shape index (κ2) is 17.6. The molecule has 0 amide bonds. The zero-order valence-corrected chi connectivity index (χ0v) is 28.7. The third-order valence-corrected chi connectivity index (χ3v) is 9.15. The summed E-state index contributed by atoms with van der Waals surface area (Å²) in [5.41, 5.74) is 12.2. The number of aryl methyl sites for hydroxylation is 1. The number of anilines is 1. The Balaban J connectivity index is 0.866. The van der Waals surface area contributed by atoms with Crippen LogP contribution in [0.4, 0.5) is 5.82 Å². The lowest BCUT2D eigenvalue weighted by Gasteiger charge is -2.20. The summed E-state index contributed by atoms with van der Waals surface area (Å²) in [4.78, 5) is 9.21. The summed E-state index contributed by atoms with van der Waals surface area (Å²) >= 11 is 0. The van der Waals surface area contributed by atoms with Crippen LogP contribution in [0, 0.1) is 0 Å². The van der Waals surface area contributed by atoms with E-state index in [-0.39, 0.29) is 6.04 Å². The number of unbranched alkanes of at least 4 members (excludes halogenated alkanes) is 8. The van der Waals surface area contributed by atoms with Crippen molar-refractivity contribution in [2.45, 2.75) is 83.7 Å². The maximum atomic E-state index is 6.30. The van der Waals surface area contributed by atoms with Gasteiger partial charge >= 0.3 is 0 Å². The van der Waals surface area contributed by atoms with Crippen LogP contribution < -0.4 is 10.5 Å². The average molecular weight is 660 g/mol. The van der Waals surface area contributed by atoms with E-state index < -0.39 is 0 Å². The minimum absolute atomic E-state index is 0.0650. The molecule has 6 rings (SSSR count). The summed E-state index contributed by atoms with van der Waals surface area (Å²) in [5, 5.41) is 9.65. The van der Waals surface area contributed by atoms with E-state index in [4.69, 9.17) is 15.2 Å². The summed E-state index contributed by atoms with van der Waals surface area (Å²) in [5.74, 6) is 1.37. The number of fused-ring (bicyclic) bond motifs is 3. The van der Waals surface area contributed by atoms with Gasteiger partial charge in [-0.05, 0) is 49.9 Å². The number of para-hydroxylation sites is 1. The van der Waals surface area contributed by atoms with Gasteiger partial charge in [-0.25, -0.2) is 9.97 Å². The maximum Gasteiger partial charge on any atom is 0.152 e. The lowest BCUT2D eigenvalue weighted by atomic mass is 10.1. The summed E-state index contributed by atoms with van der Waals surface area (Å²) in [6.45, 7) is 4.95. The Bertz CT molecular complexity index is 1870. The zero-order chi connectivity index (χ0) is 33.7. The summed E-state index contributed by atoms with van der Waals surface area (Å²) in [6.07, 6.45) is 15.9. The molecule has 3 heterocycles. The Morgan fingerprint density at radius 3 is 2.29 bits per heavy atom. The van der Waals surface area contributed by atoms with E-state index in [9.17, 15) is 0 Å². The fourth-order valence-corrected chi connectivity index (χ4v) is 6.48. The largest absolute Gasteiger partial charge is 0.494 e. The van der Waals surface area contributed by atoms with Gasteiger partial charge in [-0.2, -0.15) is 0 Å². The molecule has 0 saturated heterocycles. The van der Waals surface area contributed by atoms with Crippen LogP contribution in [0.25, 0.3) is 33.2 Å². The molecule has 0 spiro atoms. The highest BCUT2D eigenvalue weighted by Gasteiger charge is 2.19. The van der Waals surface area contributed by atoms with E-state index in [2.05, 4.69) is 73.5 Å². The number of imidazole rings is 1. The standard InChI is InChI=1S/C40H49N7O2/c1-2-48-29-33(47-30-42-38-39(47)35-19-13-14-20-36(35)43-40(38)41)27-31-21-23-34(24-22-31)49-26-16-9-7-5-3-4-6-8-15-25-46-28-37(44-45-46)32-17-11-10-12-18-32/h10-14,17-24,28,30,33H,2-9,15-16,25-27,29H2,1H3,(H2,41,43).